The van der Waals surface area contributed by atoms with Gasteiger partial charge in [-0.2, -0.15) is 0 Å². The summed E-state index contributed by atoms with van der Waals surface area (Å²) in [6.07, 6.45) is 1.21. The Balaban J connectivity index is 1.04. The predicted molar refractivity (Wildman–Crippen MR) is 143 cm³/mol. The molecule has 0 radical (unpaired) electrons. The number of pyridine rings is 1. The van der Waals surface area contributed by atoms with Gasteiger partial charge in [0, 0.05) is 59.5 Å². The number of benzene rings is 2. The van der Waals surface area contributed by atoms with Crippen LogP contribution in [0.1, 0.15) is 12.8 Å². The standard InChI is InChI=1S/C27H30N4O4S/c28-27(32)35-19-34-26-9-7-20-6-8-21(18-23(20)29-26)33-16-2-1-11-30-12-14-31(15-13-30)24-4-3-5-25-22(24)10-17-36-25/h3-10,17-18H,1-2,11-16,19H2,(H2,28,32). The van der Waals surface area contributed by atoms with Gasteiger partial charge >= 0.3 is 6.09 Å². The molecule has 0 spiro atoms. The molecule has 1 saturated heterocycles. The first-order valence-corrected chi connectivity index (χ1v) is 13.1. The fourth-order valence-corrected chi connectivity index (χ4v) is 5.30. The lowest BCUT2D eigenvalue weighted by Crippen LogP contribution is -2.46. The molecule has 8 nitrogen and oxygen atoms in total. The number of primary amides is 1. The number of hydrogen-bond donors (Lipinski definition) is 1. The van der Waals surface area contributed by atoms with Crippen molar-refractivity contribution in [2.75, 3.05) is 51.0 Å². The molecule has 1 amide bonds. The van der Waals surface area contributed by atoms with Crippen LogP contribution in [0, 0.1) is 0 Å². The Bertz CT molecular complexity index is 1320. The Kier molecular flexibility index (Phi) is 7.68. The molecule has 1 fully saturated rings. The van der Waals surface area contributed by atoms with Gasteiger partial charge in [-0.15, -0.1) is 11.3 Å². The van der Waals surface area contributed by atoms with E-state index >= 15 is 0 Å². The first kappa shape index (κ1) is 24.1. The highest BCUT2D eigenvalue weighted by molar-refractivity contribution is 7.17. The number of nitrogens with zero attached hydrogens (tertiary/aromatic N) is 3. The van der Waals surface area contributed by atoms with E-state index < -0.39 is 6.09 Å². The molecule has 0 unspecified atom stereocenters. The molecule has 3 heterocycles. The minimum absolute atomic E-state index is 0.274. The van der Waals surface area contributed by atoms with Crippen LogP contribution in [0.15, 0.2) is 60.0 Å². The van der Waals surface area contributed by atoms with E-state index in [-0.39, 0.29) is 6.79 Å². The van der Waals surface area contributed by atoms with Crippen molar-refractivity contribution in [2.45, 2.75) is 12.8 Å². The molecule has 9 heteroatoms. The van der Waals surface area contributed by atoms with Crippen LogP contribution in [0.3, 0.4) is 0 Å². The monoisotopic (exact) mass is 506 g/mol. The van der Waals surface area contributed by atoms with Gasteiger partial charge in [-0.3, -0.25) is 4.90 Å². The average molecular weight is 507 g/mol. The zero-order chi connectivity index (χ0) is 24.7. The largest absolute Gasteiger partial charge is 0.494 e. The van der Waals surface area contributed by atoms with Crippen LogP contribution in [0.25, 0.3) is 21.0 Å². The maximum absolute atomic E-state index is 10.7. The molecule has 2 aromatic heterocycles. The van der Waals surface area contributed by atoms with Crippen LogP contribution in [0.5, 0.6) is 11.6 Å². The first-order chi connectivity index (χ1) is 17.7. The van der Waals surface area contributed by atoms with Crippen molar-refractivity contribution in [3.8, 4) is 11.6 Å². The topological polar surface area (TPSA) is 90.2 Å². The molecule has 188 valence electrons. The second-order valence-electron chi connectivity index (χ2n) is 8.72. The number of rotatable bonds is 10. The van der Waals surface area contributed by atoms with Gasteiger partial charge in [0.15, 0.2) is 0 Å². The Morgan fingerprint density at radius 2 is 1.86 bits per heavy atom. The summed E-state index contributed by atoms with van der Waals surface area (Å²) in [5.74, 6) is 1.13. The third-order valence-corrected chi connectivity index (χ3v) is 7.25. The molecule has 2 N–H and O–H groups in total. The molecule has 0 atom stereocenters. The number of thiophene rings is 1. The molecule has 0 aliphatic carbocycles. The van der Waals surface area contributed by atoms with Crippen LogP contribution in [-0.2, 0) is 4.74 Å². The summed E-state index contributed by atoms with van der Waals surface area (Å²) in [5.41, 5.74) is 7.05. The van der Waals surface area contributed by atoms with Gasteiger partial charge in [0.25, 0.3) is 0 Å². The normalized spacial score (nSPS) is 14.3. The number of carbonyl (C=O) groups is 1. The molecule has 5 rings (SSSR count). The number of piperazine rings is 1. The van der Waals surface area contributed by atoms with Crippen molar-refractivity contribution in [1.29, 1.82) is 0 Å². The van der Waals surface area contributed by atoms with Gasteiger partial charge in [0.2, 0.25) is 12.7 Å². The number of nitrogens with two attached hydrogens (primary N) is 1. The smallest absolute Gasteiger partial charge is 0.407 e. The summed E-state index contributed by atoms with van der Waals surface area (Å²) in [5, 5.41) is 4.52. The summed E-state index contributed by atoms with van der Waals surface area (Å²) >= 11 is 1.81. The van der Waals surface area contributed by atoms with Crippen molar-refractivity contribution in [1.82, 2.24) is 9.88 Å². The van der Waals surface area contributed by atoms with Crippen LogP contribution in [-0.4, -0.2) is 62.1 Å². The summed E-state index contributed by atoms with van der Waals surface area (Å²) < 4.78 is 17.2. The number of unbranched alkanes of at least 4 members (excludes halogenated alkanes) is 1. The van der Waals surface area contributed by atoms with E-state index in [1.165, 1.54) is 15.8 Å². The number of aromatic nitrogens is 1. The Morgan fingerprint density at radius 3 is 2.72 bits per heavy atom. The number of fused-ring (bicyclic) bond motifs is 2. The zero-order valence-electron chi connectivity index (χ0n) is 20.1. The van der Waals surface area contributed by atoms with Gasteiger partial charge < -0.3 is 24.8 Å². The van der Waals surface area contributed by atoms with Crippen LogP contribution < -0.4 is 20.1 Å². The summed E-state index contributed by atoms with van der Waals surface area (Å²) in [4.78, 5) is 20.2. The quantitative estimate of drug-likeness (QED) is 0.243. The second kappa shape index (κ2) is 11.5. The predicted octanol–water partition coefficient (Wildman–Crippen LogP) is 4.86. The molecule has 2 aromatic carbocycles. The molecule has 4 aromatic rings. The van der Waals surface area contributed by atoms with Gasteiger partial charge in [-0.05, 0) is 61.2 Å². The van der Waals surface area contributed by atoms with Crippen molar-refractivity contribution in [3.63, 3.8) is 0 Å². The molecule has 1 aliphatic rings. The Hall–Kier alpha value is -3.56. The highest BCUT2D eigenvalue weighted by Gasteiger charge is 2.18. The lowest BCUT2D eigenvalue weighted by Gasteiger charge is -2.36. The van der Waals surface area contributed by atoms with Crippen molar-refractivity contribution >= 4 is 44.1 Å². The van der Waals surface area contributed by atoms with Gasteiger partial charge in [0.1, 0.15) is 5.75 Å². The number of anilines is 1. The van der Waals surface area contributed by atoms with E-state index in [2.05, 4.69) is 49.2 Å². The van der Waals surface area contributed by atoms with E-state index in [0.29, 0.717) is 12.5 Å². The van der Waals surface area contributed by atoms with Crippen LogP contribution in [0.4, 0.5) is 10.5 Å². The second-order valence-corrected chi connectivity index (χ2v) is 9.67. The maximum atomic E-state index is 10.7. The van der Waals surface area contributed by atoms with Crippen molar-refractivity contribution in [2.24, 2.45) is 5.73 Å². The summed E-state index contributed by atoms with van der Waals surface area (Å²) in [6, 6.07) is 18.3. The SMILES string of the molecule is NC(=O)OCOc1ccc2ccc(OCCCCN3CCN(c4cccc5sccc45)CC3)cc2n1. The number of hydrogen-bond acceptors (Lipinski definition) is 8. The van der Waals surface area contributed by atoms with Crippen molar-refractivity contribution < 1.29 is 19.0 Å². The van der Waals surface area contributed by atoms with E-state index in [1.54, 1.807) is 6.07 Å². The lowest BCUT2D eigenvalue weighted by molar-refractivity contribution is 0.0631. The Labute approximate surface area is 214 Å². The lowest BCUT2D eigenvalue weighted by atomic mass is 10.2. The minimum Gasteiger partial charge on any atom is -0.494 e. The molecule has 36 heavy (non-hydrogen) atoms. The van der Waals surface area contributed by atoms with Gasteiger partial charge in [-0.25, -0.2) is 9.78 Å². The van der Waals surface area contributed by atoms with Crippen molar-refractivity contribution in [3.05, 3.63) is 60.0 Å². The fourth-order valence-electron chi connectivity index (χ4n) is 4.49. The zero-order valence-corrected chi connectivity index (χ0v) is 20.9. The number of amides is 1. The maximum Gasteiger partial charge on any atom is 0.407 e. The molecule has 0 saturated carbocycles. The highest BCUT2D eigenvalue weighted by Crippen LogP contribution is 2.31. The van der Waals surface area contributed by atoms with E-state index in [4.69, 9.17) is 15.2 Å². The summed E-state index contributed by atoms with van der Waals surface area (Å²) in [6.45, 7) is 5.79. The molecular weight excluding hydrogens is 476 g/mol. The number of ether oxygens (including phenoxy) is 3. The minimum atomic E-state index is -0.888. The van der Waals surface area contributed by atoms with E-state index in [1.807, 2.05) is 35.6 Å². The van der Waals surface area contributed by atoms with Gasteiger partial charge in [0.05, 0.1) is 12.1 Å². The Morgan fingerprint density at radius 1 is 1.00 bits per heavy atom. The third kappa shape index (κ3) is 5.98. The van der Waals surface area contributed by atoms with E-state index in [9.17, 15) is 4.79 Å². The van der Waals surface area contributed by atoms with E-state index in [0.717, 1.165) is 62.2 Å². The third-order valence-electron chi connectivity index (χ3n) is 6.37. The summed E-state index contributed by atoms with van der Waals surface area (Å²) in [7, 11) is 0. The van der Waals surface area contributed by atoms with Crippen LogP contribution in [0.2, 0.25) is 0 Å². The highest BCUT2D eigenvalue weighted by atomic mass is 32.1. The molecular formula is C27H30N4O4S. The fraction of sp³-hybridized carbons (Fsp3) is 0.333. The average Bonchev–Trinajstić information content (AvgIpc) is 3.38. The van der Waals surface area contributed by atoms with Crippen LogP contribution >= 0.6 is 11.3 Å². The van der Waals surface area contributed by atoms with Gasteiger partial charge in [-0.1, -0.05) is 6.07 Å². The molecule has 0 bridgehead atoms. The first-order valence-electron chi connectivity index (χ1n) is 12.2. The molecule has 1 aliphatic heterocycles. The number of carbonyl (C=O) groups excluding carboxylic acids is 1.